The van der Waals surface area contributed by atoms with E-state index in [1.165, 1.54) is 6.07 Å². The summed E-state index contributed by atoms with van der Waals surface area (Å²) in [5, 5.41) is 2.61. The lowest BCUT2D eigenvalue weighted by molar-refractivity contribution is -0.122. The summed E-state index contributed by atoms with van der Waals surface area (Å²) >= 11 is 0. The molecular weight excluding hydrogens is 254 g/mol. The SMILES string of the molecule is CCCC(N)C(=O)NCCOc1ccc(F)c(F)c1. The van der Waals surface area contributed by atoms with Gasteiger partial charge >= 0.3 is 0 Å². The molecule has 3 N–H and O–H groups in total. The van der Waals surface area contributed by atoms with E-state index in [4.69, 9.17) is 10.5 Å². The Kier molecular flexibility index (Phi) is 6.21. The van der Waals surface area contributed by atoms with E-state index < -0.39 is 17.7 Å². The molecule has 1 atom stereocenters. The van der Waals surface area contributed by atoms with E-state index >= 15 is 0 Å². The summed E-state index contributed by atoms with van der Waals surface area (Å²) in [5.74, 6) is -1.92. The summed E-state index contributed by atoms with van der Waals surface area (Å²) in [6.45, 7) is 2.37. The number of hydrogen-bond acceptors (Lipinski definition) is 3. The molecule has 0 heterocycles. The van der Waals surface area contributed by atoms with Crippen molar-refractivity contribution in [1.29, 1.82) is 0 Å². The summed E-state index contributed by atoms with van der Waals surface area (Å²) in [6.07, 6.45) is 1.45. The van der Waals surface area contributed by atoms with Gasteiger partial charge in [-0.15, -0.1) is 0 Å². The molecule has 0 saturated heterocycles. The maximum Gasteiger partial charge on any atom is 0.237 e. The number of nitrogens with one attached hydrogen (secondary N) is 1. The van der Waals surface area contributed by atoms with Crippen LogP contribution in [0.25, 0.3) is 0 Å². The standard InChI is InChI=1S/C13H18F2N2O2/c1-2-3-12(16)13(18)17-6-7-19-9-4-5-10(14)11(15)8-9/h4-5,8,12H,2-3,6-7,16H2,1H3,(H,17,18). The number of carbonyl (C=O) groups is 1. The van der Waals surface area contributed by atoms with Crippen molar-refractivity contribution in [3.63, 3.8) is 0 Å². The highest BCUT2D eigenvalue weighted by Crippen LogP contribution is 2.14. The van der Waals surface area contributed by atoms with E-state index in [-0.39, 0.29) is 24.8 Å². The second kappa shape index (κ2) is 7.68. The van der Waals surface area contributed by atoms with Crippen molar-refractivity contribution < 1.29 is 18.3 Å². The molecule has 1 amide bonds. The van der Waals surface area contributed by atoms with Crippen LogP contribution in [0.1, 0.15) is 19.8 Å². The number of nitrogens with two attached hydrogens (primary N) is 1. The number of hydrogen-bond donors (Lipinski definition) is 2. The van der Waals surface area contributed by atoms with E-state index in [1.807, 2.05) is 6.92 Å². The molecule has 1 unspecified atom stereocenters. The third-order valence-electron chi connectivity index (χ3n) is 2.50. The average molecular weight is 272 g/mol. The molecular formula is C13H18F2N2O2. The van der Waals surface area contributed by atoms with Crippen molar-refractivity contribution in [1.82, 2.24) is 5.32 Å². The van der Waals surface area contributed by atoms with E-state index in [0.717, 1.165) is 18.6 Å². The fraction of sp³-hybridized carbons (Fsp3) is 0.462. The number of carbonyl (C=O) groups excluding carboxylic acids is 1. The van der Waals surface area contributed by atoms with E-state index in [2.05, 4.69) is 5.32 Å². The van der Waals surface area contributed by atoms with Gasteiger partial charge in [-0.05, 0) is 18.6 Å². The molecule has 4 nitrogen and oxygen atoms in total. The largest absolute Gasteiger partial charge is 0.492 e. The molecule has 0 aliphatic rings. The molecule has 0 radical (unpaired) electrons. The monoisotopic (exact) mass is 272 g/mol. The zero-order valence-corrected chi connectivity index (χ0v) is 10.8. The molecule has 6 heteroatoms. The normalized spacial score (nSPS) is 12.0. The summed E-state index contributed by atoms with van der Waals surface area (Å²) in [7, 11) is 0. The number of amides is 1. The molecule has 0 saturated carbocycles. The van der Waals surface area contributed by atoms with Crippen molar-refractivity contribution in [2.75, 3.05) is 13.2 Å². The summed E-state index contributed by atoms with van der Waals surface area (Å²) in [5.41, 5.74) is 5.61. The van der Waals surface area contributed by atoms with Crippen LogP contribution >= 0.6 is 0 Å². The van der Waals surface area contributed by atoms with Crippen LogP contribution in [0, 0.1) is 11.6 Å². The van der Waals surface area contributed by atoms with Crippen LogP contribution in [0.4, 0.5) is 8.78 Å². The summed E-state index contributed by atoms with van der Waals surface area (Å²) in [4.78, 5) is 11.4. The zero-order valence-electron chi connectivity index (χ0n) is 10.8. The van der Waals surface area contributed by atoms with Crippen LogP contribution in [0.15, 0.2) is 18.2 Å². The quantitative estimate of drug-likeness (QED) is 0.741. The number of halogens is 2. The van der Waals surface area contributed by atoms with Gasteiger partial charge in [0.25, 0.3) is 0 Å². The lowest BCUT2D eigenvalue weighted by Gasteiger charge is -2.11. The third kappa shape index (κ3) is 5.21. The summed E-state index contributed by atoms with van der Waals surface area (Å²) in [6, 6.07) is 2.75. The Morgan fingerprint density at radius 1 is 1.42 bits per heavy atom. The molecule has 19 heavy (non-hydrogen) atoms. The molecule has 0 bridgehead atoms. The number of benzene rings is 1. The first-order chi connectivity index (χ1) is 9.04. The number of ether oxygens (including phenoxy) is 1. The van der Waals surface area contributed by atoms with Crippen molar-refractivity contribution in [2.45, 2.75) is 25.8 Å². The minimum Gasteiger partial charge on any atom is -0.492 e. The van der Waals surface area contributed by atoms with Gasteiger partial charge in [0.15, 0.2) is 11.6 Å². The molecule has 0 aromatic heterocycles. The molecule has 1 aromatic rings. The molecule has 0 fully saturated rings. The van der Waals surface area contributed by atoms with Gasteiger partial charge in [-0.1, -0.05) is 13.3 Å². The Labute approximate surface area is 110 Å². The molecule has 0 aliphatic carbocycles. The first kappa shape index (κ1) is 15.4. The number of rotatable bonds is 7. The van der Waals surface area contributed by atoms with Gasteiger partial charge in [0, 0.05) is 6.07 Å². The van der Waals surface area contributed by atoms with Crippen LogP contribution in [-0.4, -0.2) is 25.1 Å². The predicted molar refractivity (Wildman–Crippen MR) is 67.7 cm³/mol. The highest BCUT2D eigenvalue weighted by molar-refractivity contribution is 5.81. The average Bonchev–Trinajstić information content (AvgIpc) is 2.38. The highest BCUT2D eigenvalue weighted by Gasteiger charge is 2.11. The van der Waals surface area contributed by atoms with Crippen molar-refractivity contribution in [3.05, 3.63) is 29.8 Å². The van der Waals surface area contributed by atoms with E-state index in [1.54, 1.807) is 0 Å². The van der Waals surface area contributed by atoms with Gasteiger partial charge in [-0.25, -0.2) is 8.78 Å². The second-order valence-corrected chi connectivity index (χ2v) is 4.11. The van der Waals surface area contributed by atoms with Crippen LogP contribution in [0.2, 0.25) is 0 Å². The minimum absolute atomic E-state index is 0.162. The third-order valence-corrected chi connectivity index (χ3v) is 2.50. The van der Waals surface area contributed by atoms with Gasteiger partial charge in [0.1, 0.15) is 12.4 Å². The maximum atomic E-state index is 12.9. The van der Waals surface area contributed by atoms with Crippen molar-refractivity contribution in [2.24, 2.45) is 5.73 Å². The molecule has 106 valence electrons. The lowest BCUT2D eigenvalue weighted by Crippen LogP contribution is -2.41. The Morgan fingerprint density at radius 3 is 2.79 bits per heavy atom. The Morgan fingerprint density at radius 2 is 2.16 bits per heavy atom. The van der Waals surface area contributed by atoms with Gasteiger partial charge < -0.3 is 15.8 Å². The molecule has 0 spiro atoms. The van der Waals surface area contributed by atoms with Crippen LogP contribution in [0.3, 0.4) is 0 Å². The Hall–Kier alpha value is -1.69. The van der Waals surface area contributed by atoms with Gasteiger partial charge in [0.2, 0.25) is 5.91 Å². The van der Waals surface area contributed by atoms with Crippen molar-refractivity contribution in [3.8, 4) is 5.75 Å². The van der Waals surface area contributed by atoms with Gasteiger partial charge in [-0.2, -0.15) is 0 Å². The molecule has 1 aromatic carbocycles. The smallest absolute Gasteiger partial charge is 0.237 e. The van der Waals surface area contributed by atoms with Crippen LogP contribution in [0.5, 0.6) is 5.75 Å². The van der Waals surface area contributed by atoms with Crippen molar-refractivity contribution >= 4 is 5.91 Å². The predicted octanol–water partition coefficient (Wildman–Crippen LogP) is 1.59. The van der Waals surface area contributed by atoms with Gasteiger partial charge in [0.05, 0.1) is 12.6 Å². The van der Waals surface area contributed by atoms with Crippen LogP contribution in [-0.2, 0) is 4.79 Å². The Balaban J connectivity index is 2.27. The van der Waals surface area contributed by atoms with Crippen LogP contribution < -0.4 is 15.8 Å². The lowest BCUT2D eigenvalue weighted by atomic mass is 10.2. The maximum absolute atomic E-state index is 12.9. The summed E-state index contributed by atoms with van der Waals surface area (Å²) < 4.78 is 30.7. The highest BCUT2D eigenvalue weighted by atomic mass is 19.2. The fourth-order valence-corrected chi connectivity index (χ4v) is 1.48. The molecule has 1 rings (SSSR count). The first-order valence-corrected chi connectivity index (χ1v) is 6.15. The zero-order chi connectivity index (χ0) is 14.3. The first-order valence-electron chi connectivity index (χ1n) is 6.15. The second-order valence-electron chi connectivity index (χ2n) is 4.11. The van der Waals surface area contributed by atoms with E-state index in [0.29, 0.717) is 6.42 Å². The fourth-order valence-electron chi connectivity index (χ4n) is 1.48. The molecule has 0 aliphatic heterocycles. The minimum atomic E-state index is -0.966. The van der Waals surface area contributed by atoms with Gasteiger partial charge in [-0.3, -0.25) is 4.79 Å². The topological polar surface area (TPSA) is 64.4 Å². The van der Waals surface area contributed by atoms with E-state index in [9.17, 15) is 13.6 Å². The Bertz CT molecular complexity index is 427.